The molecular weight excluding hydrogens is 461 g/mol. The van der Waals surface area contributed by atoms with Crippen molar-refractivity contribution in [3.8, 4) is 22.6 Å². The van der Waals surface area contributed by atoms with E-state index in [2.05, 4.69) is 0 Å². The van der Waals surface area contributed by atoms with E-state index in [1.54, 1.807) is 12.1 Å². The second-order valence-corrected chi connectivity index (χ2v) is 7.30. The second kappa shape index (κ2) is 8.63. The number of hydrogen-bond acceptors (Lipinski definition) is 5. The number of alkyl halides is 3. The van der Waals surface area contributed by atoms with Crippen LogP contribution in [0.25, 0.3) is 22.1 Å². The highest BCUT2D eigenvalue weighted by Gasteiger charge is 2.39. The largest absolute Gasteiger partial charge is 0.497 e. The summed E-state index contributed by atoms with van der Waals surface area (Å²) in [7, 11) is 1.41. The van der Waals surface area contributed by atoms with Crippen LogP contribution in [0.15, 0.2) is 75.9 Å². The highest BCUT2D eigenvalue weighted by molar-refractivity contribution is 6.33. The SMILES string of the molecule is COc1ccc(-c2c(C(F)(F)F)oc3cc(OC(=O)c4ccccc4Cl)ccc3c2=O)cc1. The fraction of sp³-hybridized carbons (Fsp3) is 0.0833. The maximum atomic E-state index is 13.8. The number of ether oxygens (including phenoxy) is 2. The third-order valence-corrected chi connectivity index (χ3v) is 5.13. The Morgan fingerprint density at radius 3 is 2.27 bits per heavy atom. The van der Waals surface area contributed by atoms with Gasteiger partial charge in [0.05, 0.1) is 28.6 Å². The molecule has 1 heterocycles. The lowest BCUT2D eigenvalue weighted by atomic mass is 10.0. The molecular formula is C24H14ClF3O5. The van der Waals surface area contributed by atoms with Gasteiger partial charge in [-0.3, -0.25) is 4.79 Å². The van der Waals surface area contributed by atoms with E-state index in [1.165, 1.54) is 55.6 Å². The lowest BCUT2D eigenvalue weighted by Crippen LogP contribution is -2.16. The maximum Gasteiger partial charge on any atom is 0.450 e. The van der Waals surface area contributed by atoms with Gasteiger partial charge in [-0.2, -0.15) is 13.2 Å². The minimum atomic E-state index is -4.95. The van der Waals surface area contributed by atoms with E-state index in [4.69, 9.17) is 25.5 Å². The molecule has 0 amide bonds. The number of halogens is 4. The first kappa shape index (κ1) is 22.4. The number of carbonyl (C=O) groups excluding carboxylic acids is 1. The third kappa shape index (κ3) is 4.42. The number of esters is 1. The van der Waals surface area contributed by atoms with E-state index < -0.39 is 28.9 Å². The van der Waals surface area contributed by atoms with Gasteiger partial charge in [-0.15, -0.1) is 0 Å². The lowest BCUT2D eigenvalue weighted by molar-refractivity contribution is -0.152. The van der Waals surface area contributed by atoms with Gasteiger partial charge in [0.25, 0.3) is 0 Å². The molecule has 4 aromatic rings. The van der Waals surface area contributed by atoms with Crippen molar-refractivity contribution < 1.29 is 31.9 Å². The Bertz CT molecular complexity index is 1410. The molecule has 0 aliphatic rings. The number of hydrogen-bond donors (Lipinski definition) is 0. The smallest absolute Gasteiger partial charge is 0.450 e. The first-order chi connectivity index (χ1) is 15.7. The molecule has 0 atom stereocenters. The number of carbonyl (C=O) groups is 1. The number of rotatable bonds is 4. The molecule has 0 saturated heterocycles. The van der Waals surface area contributed by atoms with Crippen LogP contribution in [0.2, 0.25) is 5.02 Å². The van der Waals surface area contributed by atoms with E-state index in [9.17, 15) is 22.8 Å². The van der Waals surface area contributed by atoms with Crippen LogP contribution >= 0.6 is 11.6 Å². The Hall–Kier alpha value is -3.78. The van der Waals surface area contributed by atoms with Gasteiger partial charge >= 0.3 is 12.1 Å². The van der Waals surface area contributed by atoms with Crippen molar-refractivity contribution in [2.24, 2.45) is 0 Å². The number of benzene rings is 3. The molecule has 0 aliphatic carbocycles. The van der Waals surface area contributed by atoms with Crippen LogP contribution in [0.4, 0.5) is 13.2 Å². The monoisotopic (exact) mass is 474 g/mol. The van der Waals surface area contributed by atoms with Gasteiger partial charge in [-0.05, 0) is 42.0 Å². The van der Waals surface area contributed by atoms with Crippen LogP contribution < -0.4 is 14.9 Å². The fourth-order valence-electron chi connectivity index (χ4n) is 3.25. The van der Waals surface area contributed by atoms with Gasteiger partial charge < -0.3 is 13.9 Å². The Balaban J connectivity index is 1.82. The van der Waals surface area contributed by atoms with Crippen molar-refractivity contribution in [2.75, 3.05) is 7.11 Å². The van der Waals surface area contributed by atoms with Gasteiger partial charge in [0.15, 0.2) is 0 Å². The molecule has 3 aromatic carbocycles. The topological polar surface area (TPSA) is 65.7 Å². The first-order valence-corrected chi connectivity index (χ1v) is 9.86. The number of fused-ring (bicyclic) bond motifs is 1. The van der Waals surface area contributed by atoms with Gasteiger partial charge in [0.1, 0.15) is 17.1 Å². The van der Waals surface area contributed by atoms with Crippen LogP contribution in [0, 0.1) is 0 Å². The van der Waals surface area contributed by atoms with E-state index in [0.717, 1.165) is 6.07 Å². The zero-order chi connectivity index (χ0) is 23.8. The molecule has 4 rings (SSSR count). The molecule has 0 saturated carbocycles. The lowest BCUT2D eigenvalue weighted by Gasteiger charge is -2.13. The molecule has 0 fully saturated rings. The third-order valence-electron chi connectivity index (χ3n) is 4.80. The fourth-order valence-corrected chi connectivity index (χ4v) is 3.46. The van der Waals surface area contributed by atoms with Crippen molar-refractivity contribution in [2.45, 2.75) is 6.18 Å². The highest BCUT2D eigenvalue weighted by Crippen LogP contribution is 2.38. The molecule has 0 bridgehead atoms. The van der Waals surface area contributed by atoms with Gasteiger partial charge in [0, 0.05) is 6.07 Å². The highest BCUT2D eigenvalue weighted by atomic mass is 35.5. The zero-order valence-electron chi connectivity index (χ0n) is 16.9. The second-order valence-electron chi connectivity index (χ2n) is 6.89. The van der Waals surface area contributed by atoms with Crippen molar-refractivity contribution in [3.05, 3.63) is 93.3 Å². The van der Waals surface area contributed by atoms with E-state index in [0.29, 0.717) is 5.75 Å². The molecule has 0 spiro atoms. The van der Waals surface area contributed by atoms with Gasteiger partial charge in [-0.1, -0.05) is 35.9 Å². The molecule has 5 nitrogen and oxygen atoms in total. The number of methoxy groups -OCH3 is 1. The maximum absolute atomic E-state index is 13.8. The Labute approximate surface area is 189 Å². The molecule has 1 aromatic heterocycles. The van der Waals surface area contributed by atoms with Crippen molar-refractivity contribution in [1.82, 2.24) is 0 Å². The molecule has 0 unspecified atom stereocenters. The van der Waals surface area contributed by atoms with Gasteiger partial charge in [0.2, 0.25) is 11.2 Å². The summed E-state index contributed by atoms with van der Waals surface area (Å²) in [5.41, 5.74) is -1.79. The summed E-state index contributed by atoms with van der Waals surface area (Å²) in [6, 6.07) is 15.3. The molecule has 9 heteroatoms. The van der Waals surface area contributed by atoms with Crippen molar-refractivity contribution >= 4 is 28.5 Å². The standard InChI is InChI=1S/C24H14ClF3O5/c1-31-14-8-6-13(7-9-14)20-21(29)17-11-10-15(12-19(17)33-22(20)24(26,27)28)32-23(30)16-4-2-3-5-18(16)25/h2-12H,1H3. The minimum Gasteiger partial charge on any atom is -0.497 e. The van der Waals surface area contributed by atoms with E-state index in [-0.39, 0.29) is 32.9 Å². The minimum absolute atomic E-state index is 0.0213. The summed E-state index contributed by atoms with van der Waals surface area (Å²) in [6.45, 7) is 0. The quantitative estimate of drug-likeness (QED) is 0.254. The van der Waals surface area contributed by atoms with E-state index in [1.807, 2.05) is 0 Å². The summed E-state index contributed by atoms with van der Waals surface area (Å²) in [5.74, 6) is -1.96. The first-order valence-electron chi connectivity index (χ1n) is 9.48. The van der Waals surface area contributed by atoms with E-state index >= 15 is 0 Å². The Kier molecular flexibility index (Phi) is 5.86. The zero-order valence-corrected chi connectivity index (χ0v) is 17.7. The van der Waals surface area contributed by atoms with Crippen LogP contribution in [0.5, 0.6) is 11.5 Å². The average Bonchev–Trinajstić information content (AvgIpc) is 2.78. The van der Waals surface area contributed by atoms with Gasteiger partial charge in [-0.25, -0.2) is 4.79 Å². The summed E-state index contributed by atoms with van der Waals surface area (Å²) < 4.78 is 56.8. The summed E-state index contributed by atoms with van der Waals surface area (Å²) in [6.07, 6.45) is -4.95. The molecule has 0 aliphatic heterocycles. The normalized spacial score (nSPS) is 11.4. The van der Waals surface area contributed by atoms with Crippen LogP contribution in [0.1, 0.15) is 16.1 Å². The molecule has 0 radical (unpaired) electrons. The predicted octanol–water partition coefficient (Wildman–Crippen LogP) is 6.36. The average molecular weight is 475 g/mol. The summed E-state index contributed by atoms with van der Waals surface area (Å²) in [5, 5.41) is 0.0460. The molecule has 168 valence electrons. The van der Waals surface area contributed by atoms with Crippen LogP contribution in [-0.4, -0.2) is 13.1 Å². The Morgan fingerprint density at radius 2 is 1.64 bits per heavy atom. The predicted molar refractivity (Wildman–Crippen MR) is 116 cm³/mol. The van der Waals surface area contributed by atoms with Crippen molar-refractivity contribution in [3.63, 3.8) is 0 Å². The van der Waals surface area contributed by atoms with Crippen LogP contribution in [0.3, 0.4) is 0 Å². The van der Waals surface area contributed by atoms with Crippen LogP contribution in [-0.2, 0) is 6.18 Å². The molecule has 0 N–H and O–H groups in total. The Morgan fingerprint density at radius 1 is 0.970 bits per heavy atom. The van der Waals surface area contributed by atoms with Crippen molar-refractivity contribution in [1.29, 1.82) is 0 Å². The summed E-state index contributed by atoms with van der Waals surface area (Å²) >= 11 is 5.97. The summed E-state index contributed by atoms with van der Waals surface area (Å²) in [4.78, 5) is 25.4. The molecule has 33 heavy (non-hydrogen) atoms.